The van der Waals surface area contributed by atoms with E-state index in [4.69, 9.17) is 9.26 Å². The summed E-state index contributed by atoms with van der Waals surface area (Å²) in [5.74, 6) is 1.83. The zero-order valence-corrected chi connectivity index (χ0v) is 12.1. The fraction of sp³-hybridized carbons (Fsp3) is 0.188. The average Bonchev–Trinajstić information content (AvgIpc) is 2.97. The molecule has 0 saturated carbocycles. The van der Waals surface area contributed by atoms with Gasteiger partial charge in [0.05, 0.1) is 7.11 Å². The minimum Gasteiger partial charge on any atom is -0.496 e. The van der Waals surface area contributed by atoms with Crippen LogP contribution in [0.5, 0.6) is 5.75 Å². The molecule has 0 aliphatic carbocycles. The monoisotopic (exact) mass is 281 g/mol. The van der Waals surface area contributed by atoms with E-state index in [2.05, 4.69) is 15.1 Å². The second kappa shape index (κ2) is 5.36. The summed E-state index contributed by atoms with van der Waals surface area (Å²) < 4.78 is 10.7. The van der Waals surface area contributed by atoms with Crippen LogP contribution in [0.25, 0.3) is 22.8 Å². The fourth-order valence-corrected chi connectivity index (χ4v) is 2.10. The van der Waals surface area contributed by atoms with Crippen LogP contribution in [-0.2, 0) is 0 Å². The van der Waals surface area contributed by atoms with E-state index in [1.54, 1.807) is 13.3 Å². The maximum Gasteiger partial charge on any atom is 0.258 e. The number of aromatic nitrogens is 3. The Morgan fingerprint density at radius 3 is 2.67 bits per heavy atom. The molecule has 0 spiro atoms. The number of nitrogens with zero attached hydrogens (tertiary/aromatic N) is 3. The van der Waals surface area contributed by atoms with Crippen molar-refractivity contribution in [2.75, 3.05) is 7.11 Å². The van der Waals surface area contributed by atoms with Gasteiger partial charge >= 0.3 is 0 Å². The van der Waals surface area contributed by atoms with Gasteiger partial charge in [-0.05, 0) is 37.6 Å². The smallest absolute Gasteiger partial charge is 0.258 e. The van der Waals surface area contributed by atoms with Crippen LogP contribution in [-0.4, -0.2) is 22.2 Å². The van der Waals surface area contributed by atoms with Gasteiger partial charge in [0, 0.05) is 23.0 Å². The van der Waals surface area contributed by atoms with Gasteiger partial charge in [-0.15, -0.1) is 0 Å². The fourth-order valence-electron chi connectivity index (χ4n) is 2.10. The summed E-state index contributed by atoms with van der Waals surface area (Å²) in [6.07, 6.45) is 1.73. The third kappa shape index (κ3) is 2.63. The zero-order chi connectivity index (χ0) is 14.8. The standard InChI is InChI=1S/C16H15N3O2/c1-10-4-5-12(9-14(10)20-3)15-18-16(21-19-15)13-6-7-17-11(2)8-13/h4-9H,1-3H3. The van der Waals surface area contributed by atoms with Crippen molar-refractivity contribution in [1.29, 1.82) is 0 Å². The van der Waals surface area contributed by atoms with Gasteiger partial charge in [0.15, 0.2) is 0 Å². The first-order chi connectivity index (χ1) is 10.2. The van der Waals surface area contributed by atoms with Crippen molar-refractivity contribution in [3.8, 4) is 28.6 Å². The Kier molecular flexibility index (Phi) is 3.39. The maximum absolute atomic E-state index is 5.33. The van der Waals surface area contributed by atoms with Crippen LogP contribution in [0.4, 0.5) is 0 Å². The highest BCUT2D eigenvalue weighted by Gasteiger charge is 2.12. The SMILES string of the molecule is COc1cc(-c2noc(-c3ccnc(C)c3)n2)ccc1C. The number of aryl methyl sites for hydroxylation is 2. The Bertz CT molecular complexity index is 781. The molecule has 21 heavy (non-hydrogen) atoms. The highest BCUT2D eigenvalue weighted by molar-refractivity contribution is 5.62. The molecular formula is C16H15N3O2. The van der Waals surface area contributed by atoms with Crippen molar-refractivity contribution in [3.05, 3.63) is 47.8 Å². The lowest BCUT2D eigenvalue weighted by Gasteiger charge is -2.04. The van der Waals surface area contributed by atoms with Gasteiger partial charge in [-0.1, -0.05) is 17.3 Å². The quantitative estimate of drug-likeness (QED) is 0.736. The van der Waals surface area contributed by atoms with Gasteiger partial charge < -0.3 is 9.26 Å². The molecular weight excluding hydrogens is 266 g/mol. The minimum atomic E-state index is 0.482. The molecule has 0 unspecified atom stereocenters. The second-order valence-electron chi connectivity index (χ2n) is 4.79. The minimum absolute atomic E-state index is 0.482. The van der Waals surface area contributed by atoms with Crippen LogP contribution in [0, 0.1) is 13.8 Å². The Labute approximate surface area is 122 Å². The molecule has 2 aromatic heterocycles. The van der Waals surface area contributed by atoms with E-state index in [0.717, 1.165) is 28.1 Å². The molecule has 2 heterocycles. The van der Waals surface area contributed by atoms with Crippen molar-refractivity contribution in [2.45, 2.75) is 13.8 Å². The summed E-state index contributed by atoms with van der Waals surface area (Å²) in [7, 11) is 1.65. The number of rotatable bonds is 3. The molecule has 0 N–H and O–H groups in total. The van der Waals surface area contributed by atoms with E-state index >= 15 is 0 Å². The van der Waals surface area contributed by atoms with Crippen molar-refractivity contribution < 1.29 is 9.26 Å². The molecule has 1 aromatic carbocycles. The molecule has 0 bridgehead atoms. The average molecular weight is 281 g/mol. The van der Waals surface area contributed by atoms with Gasteiger partial charge in [0.2, 0.25) is 5.82 Å². The van der Waals surface area contributed by atoms with Crippen LogP contribution >= 0.6 is 0 Å². The number of hydrogen-bond donors (Lipinski definition) is 0. The van der Waals surface area contributed by atoms with Crippen molar-refractivity contribution >= 4 is 0 Å². The topological polar surface area (TPSA) is 61.0 Å². The molecule has 0 radical (unpaired) electrons. The summed E-state index contributed by atoms with van der Waals surface area (Å²) in [6, 6.07) is 9.58. The lowest BCUT2D eigenvalue weighted by molar-refractivity contribution is 0.411. The largest absolute Gasteiger partial charge is 0.496 e. The Morgan fingerprint density at radius 1 is 1.05 bits per heavy atom. The van der Waals surface area contributed by atoms with Gasteiger partial charge in [-0.25, -0.2) is 0 Å². The summed E-state index contributed by atoms with van der Waals surface area (Å²) in [6.45, 7) is 3.91. The van der Waals surface area contributed by atoms with Crippen LogP contribution in [0.2, 0.25) is 0 Å². The third-order valence-electron chi connectivity index (χ3n) is 3.24. The molecule has 5 nitrogen and oxygen atoms in total. The summed E-state index contributed by atoms with van der Waals surface area (Å²) >= 11 is 0. The van der Waals surface area contributed by atoms with E-state index < -0.39 is 0 Å². The third-order valence-corrected chi connectivity index (χ3v) is 3.24. The van der Waals surface area contributed by atoms with E-state index in [-0.39, 0.29) is 0 Å². The molecule has 3 rings (SSSR count). The van der Waals surface area contributed by atoms with Gasteiger partial charge in [-0.2, -0.15) is 4.98 Å². The van der Waals surface area contributed by atoms with Gasteiger partial charge in [-0.3, -0.25) is 4.98 Å². The molecule has 0 aliphatic rings. The van der Waals surface area contributed by atoms with E-state index in [0.29, 0.717) is 11.7 Å². The number of benzene rings is 1. The first kappa shape index (κ1) is 13.3. The van der Waals surface area contributed by atoms with Crippen LogP contribution in [0.15, 0.2) is 41.1 Å². The molecule has 0 saturated heterocycles. The van der Waals surface area contributed by atoms with Crippen LogP contribution in [0.3, 0.4) is 0 Å². The Hall–Kier alpha value is -2.69. The van der Waals surface area contributed by atoms with Crippen molar-refractivity contribution in [3.63, 3.8) is 0 Å². The lowest BCUT2D eigenvalue weighted by Crippen LogP contribution is -1.89. The predicted octanol–water partition coefficient (Wildman–Crippen LogP) is 3.42. The van der Waals surface area contributed by atoms with E-state index in [9.17, 15) is 0 Å². The van der Waals surface area contributed by atoms with Crippen molar-refractivity contribution in [1.82, 2.24) is 15.1 Å². The highest BCUT2D eigenvalue weighted by Crippen LogP contribution is 2.27. The summed E-state index contributed by atoms with van der Waals surface area (Å²) in [5.41, 5.74) is 3.69. The van der Waals surface area contributed by atoms with E-state index in [1.807, 2.05) is 44.2 Å². The zero-order valence-electron chi connectivity index (χ0n) is 12.1. The Balaban J connectivity index is 1.98. The lowest BCUT2D eigenvalue weighted by atomic mass is 10.1. The molecule has 0 aliphatic heterocycles. The number of hydrogen-bond acceptors (Lipinski definition) is 5. The van der Waals surface area contributed by atoms with Crippen molar-refractivity contribution in [2.24, 2.45) is 0 Å². The molecule has 5 heteroatoms. The summed E-state index contributed by atoms with van der Waals surface area (Å²) in [5, 5.41) is 4.04. The Morgan fingerprint density at radius 2 is 1.90 bits per heavy atom. The predicted molar refractivity (Wildman–Crippen MR) is 79.0 cm³/mol. The van der Waals surface area contributed by atoms with Gasteiger partial charge in [0.1, 0.15) is 5.75 Å². The number of pyridine rings is 1. The highest BCUT2D eigenvalue weighted by atomic mass is 16.5. The van der Waals surface area contributed by atoms with Crippen LogP contribution in [0.1, 0.15) is 11.3 Å². The maximum atomic E-state index is 5.33. The number of ether oxygens (including phenoxy) is 1. The summed E-state index contributed by atoms with van der Waals surface area (Å²) in [4.78, 5) is 8.59. The first-order valence-corrected chi connectivity index (χ1v) is 6.59. The van der Waals surface area contributed by atoms with Crippen LogP contribution < -0.4 is 4.74 Å². The molecule has 3 aromatic rings. The molecule has 0 amide bonds. The number of methoxy groups -OCH3 is 1. The molecule has 0 fully saturated rings. The second-order valence-corrected chi connectivity index (χ2v) is 4.79. The molecule has 106 valence electrons. The first-order valence-electron chi connectivity index (χ1n) is 6.59. The van der Waals surface area contributed by atoms with Gasteiger partial charge in [0.25, 0.3) is 5.89 Å². The molecule has 0 atom stereocenters. The normalized spacial score (nSPS) is 10.6. The van der Waals surface area contributed by atoms with E-state index in [1.165, 1.54) is 0 Å².